The Balaban J connectivity index is 4.41. The van der Waals surface area contributed by atoms with E-state index >= 15 is 0 Å². The van der Waals surface area contributed by atoms with E-state index in [1.807, 2.05) is 11.4 Å². The number of hydrogen-bond acceptors (Lipinski definition) is 4. The van der Waals surface area contributed by atoms with Gasteiger partial charge in [0.05, 0.1) is 6.61 Å². The van der Waals surface area contributed by atoms with Crippen LogP contribution >= 0.6 is 0 Å². The van der Waals surface area contributed by atoms with Crippen molar-refractivity contribution in [1.29, 1.82) is 0 Å². The molecule has 0 aromatic carbocycles. The molecule has 2 radical (unpaired) electrons. The Morgan fingerprint density at radius 3 is 2.00 bits per heavy atom. The topological polar surface area (TPSA) is 44.8 Å². The summed E-state index contributed by atoms with van der Waals surface area (Å²) in [6.45, 7) is 19.8. The zero-order valence-corrected chi connectivity index (χ0v) is 17.2. The molecule has 0 amide bonds. The number of esters is 1. The maximum absolute atomic E-state index is 11.0. The molecule has 0 aliphatic rings. The van der Waals surface area contributed by atoms with Gasteiger partial charge in [0.15, 0.2) is 0 Å². The van der Waals surface area contributed by atoms with Gasteiger partial charge in [0.1, 0.15) is 15.4 Å². The summed E-state index contributed by atoms with van der Waals surface area (Å²) < 4.78 is 17.3. The summed E-state index contributed by atoms with van der Waals surface area (Å²) in [6, 6.07) is 0.887. The van der Waals surface area contributed by atoms with Crippen molar-refractivity contribution in [2.24, 2.45) is 0 Å². The fraction of sp³-hybridized carbons (Fsp3) is 0.533. The number of carbonyl (C=O) groups excluding carboxylic acids is 1. The van der Waals surface area contributed by atoms with Crippen LogP contribution in [0.3, 0.4) is 0 Å². The van der Waals surface area contributed by atoms with Gasteiger partial charge < -0.3 is 13.6 Å². The van der Waals surface area contributed by atoms with Crippen molar-refractivity contribution in [2.45, 2.75) is 44.6 Å². The molecule has 0 bridgehead atoms. The Morgan fingerprint density at radius 1 is 1.09 bits per heavy atom. The monoisotopic (exact) mass is 356 g/mol. The molecule has 0 heterocycles. The van der Waals surface area contributed by atoms with Crippen LogP contribution in [0.2, 0.25) is 32.2 Å². The van der Waals surface area contributed by atoms with Crippen molar-refractivity contribution in [3.05, 3.63) is 37.2 Å². The highest BCUT2D eigenvalue weighted by molar-refractivity contribution is 6.77. The van der Waals surface area contributed by atoms with Crippen LogP contribution in [0, 0.1) is 0 Å². The van der Waals surface area contributed by atoms with Crippen LogP contribution in [0.1, 0.15) is 6.42 Å². The first kappa shape index (κ1) is 21.3. The molecule has 124 valence electrons. The summed E-state index contributed by atoms with van der Waals surface area (Å²) in [7, 11) is -3.33. The van der Waals surface area contributed by atoms with Crippen molar-refractivity contribution >= 4 is 32.1 Å². The first-order valence-corrected chi connectivity index (χ1v) is 14.6. The summed E-state index contributed by atoms with van der Waals surface area (Å²) in [4.78, 5) is 11.0. The van der Waals surface area contributed by atoms with Gasteiger partial charge in [-0.25, -0.2) is 4.79 Å². The average molecular weight is 357 g/mol. The second-order valence-electron chi connectivity index (χ2n) is 5.86. The van der Waals surface area contributed by atoms with Crippen molar-refractivity contribution in [3.63, 3.8) is 0 Å². The van der Waals surface area contributed by atoms with Crippen LogP contribution in [0.5, 0.6) is 0 Å². The van der Waals surface area contributed by atoms with Crippen molar-refractivity contribution in [2.75, 3.05) is 6.61 Å². The zero-order chi connectivity index (χ0) is 17.2. The van der Waals surface area contributed by atoms with E-state index in [4.69, 9.17) is 13.6 Å². The lowest BCUT2D eigenvalue weighted by atomic mass is 10.5. The first-order valence-electron chi connectivity index (χ1n) is 7.31. The maximum atomic E-state index is 11.0. The normalized spacial score (nSPS) is 12.0. The van der Waals surface area contributed by atoms with Crippen LogP contribution in [0.25, 0.3) is 0 Å². The van der Waals surface area contributed by atoms with Crippen molar-refractivity contribution in [3.8, 4) is 0 Å². The van der Waals surface area contributed by atoms with E-state index in [1.165, 1.54) is 6.08 Å². The molecule has 0 N–H and O–H groups in total. The first-order chi connectivity index (χ1) is 10.2. The van der Waals surface area contributed by atoms with E-state index in [0.29, 0.717) is 16.1 Å². The molecule has 0 spiro atoms. The van der Waals surface area contributed by atoms with Gasteiger partial charge in [0, 0.05) is 6.08 Å². The zero-order valence-electron chi connectivity index (χ0n) is 14.2. The highest BCUT2D eigenvalue weighted by atomic mass is 28.4. The summed E-state index contributed by atoms with van der Waals surface area (Å²) in [5, 5.41) is 0. The van der Waals surface area contributed by atoms with E-state index in [-0.39, 0.29) is 11.9 Å². The van der Waals surface area contributed by atoms with Crippen LogP contribution in [-0.2, 0) is 18.4 Å². The number of hydrogen-bond donors (Lipinski definition) is 0. The lowest BCUT2D eigenvalue weighted by Gasteiger charge is -2.32. The molecule has 0 aromatic rings. The molecule has 0 saturated carbocycles. The molecule has 0 aliphatic heterocycles. The molecule has 0 fully saturated rings. The van der Waals surface area contributed by atoms with Gasteiger partial charge in [-0.15, -0.1) is 13.2 Å². The Labute approximate surface area is 139 Å². The minimum absolute atomic E-state index is 0.227. The summed E-state index contributed by atoms with van der Waals surface area (Å²) in [5.74, 6) is -0.609. The largest absolute Gasteiger partial charge is 0.463 e. The quantitative estimate of drug-likeness (QED) is 0.177. The molecule has 0 saturated heterocycles. The highest BCUT2D eigenvalue weighted by Crippen LogP contribution is 2.16. The Morgan fingerprint density at radius 2 is 1.59 bits per heavy atom. The molecule has 7 heteroatoms. The Bertz CT molecular complexity index is 372. The fourth-order valence-electron chi connectivity index (χ4n) is 1.28. The smallest absolute Gasteiger partial charge is 0.330 e. The maximum Gasteiger partial charge on any atom is 0.330 e. The number of rotatable bonds is 12. The van der Waals surface area contributed by atoms with E-state index in [0.717, 1.165) is 12.5 Å². The number of carbonyl (C=O) groups is 1. The molecule has 0 unspecified atom stereocenters. The van der Waals surface area contributed by atoms with Gasteiger partial charge in [-0.05, 0) is 32.6 Å². The van der Waals surface area contributed by atoms with Gasteiger partial charge in [0.25, 0.3) is 0 Å². The molecule has 0 aromatic heterocycles. The third kappa shape index (κ3) is 10.1. The third-order valence-corrected chi connectivity index (χ3v) is 8.14. The van der Waals surface area contributed by atoms with Crippen molar-refractivity contribution in [1.82, 2.24) is 0 Å². The van der Waals surface area contributed by atoms with Gasteiger partial charge in [0.2, 0.25) is 16.6 Å². The molecule has 0 atom stereocenters. The minimum Gasteiger partial charge on any atom is -0.463 e. The van der Waals surface area contributed by atoms with Gasteiger partial charge in [-0.2, -0.15) is 0 Å². The summed E-state index contributed by atoms with van der Waals surface area (Å²) in [5.41, 5.74) is 3.81. The summed E-state index contributed by atoms with van der Waals surface area (Å²) >= 11 is 0. The standard InChI is InChI=1S/C15H28O4Si3/c1-8-14(16)17-12-11-13-20-15(18-21(4,5)9-2)19-22(6,7)10-3/h8-10,15H,1-3,11-13H2,4-7H3. The lowest BCUT2D eigenvalue weighted by Crippen LogP contribution is -2.44. The Hall–Kier alpha value is -0.739. The molecule has 0 aliphatic carbocycles. The summed E-state index contributed by atoms with van der Waals surface area (Å²) in [6.07, 6.45) is 1.96. The molecular weight excluding hydrogens is 328 g/mol. The predicted octanol–water partition coefficient (Wildman–Crippen LogP) is 3.41. The van der Waals surface area contributed by atoms with E-state index in [2.05, 4.69) is 45.9 Å². The van der Waals surface area contributed by atoms with Crippen LogP contribution < -0.4 is 0 Å². The van der Waals surface area contributed by atoms with E-state index in [9.17, 15) is 4.79 Å². The van der Waals surface area contributed by atoms with Crippen LogP contribution in [0.4, 0.5) is 0 Å². The SMILES string of the molecule is C=CC(=O)OCCC[Si]C(O[Si](C)(C)C=C)O[Si](C)(C)C=C. The van der Waals surface area contributed by atoms with Crippen LogP contribution in [0.15, 0.2) is 37.2 Å². The van der Waals surface area contributed by atoms with Crippen LogP contribution in [-0.4, -0.2) is 44.6 Å². The number of ether oxygens (including phenoxy) is 1. The van der Waals surface area contributed by atoms with Crippen molar-refractivity contribution < 1.29 is 18.4 Å². The predicted molar refractivity (Wildman–Crippen MR) is 97.7 cm³/mol. The van der Waals surface area contributed by atoms with E-state index in [1.54, 1.807) is 0 Å². The lowest BCUT2D eigenvalue weighted by molar-refractivity contribution is -0.137. The fourth-order valence-corrected chi connectivity index (χ4v) is 5.84. The van der Waals surface area contributed by atoms with Gasteiger partial charge in [-0.1, -0.05) is 24.0 Å². The molecule has 22 heavy (non-hydrogen) atoms. The molecule has 4 nitrogen and oxygen atoms in total. The highest BCUT2D eigenvalue weighted by Gasteiger charge is 2.29. The minimum atomic E-state index is -1.91. The Kier molecular flexibility index (Phi) is 9.77. The third-order valence-electron chi connectivity index (χ3n) is 2.85. The molecule has 0 rings (SSSR count). The van der Waals surface area contributed by atoms with Gasteiger partial charge >= 0.3 is 5.97 Å². The second kappa shape index (κ2) is 10.1. The average Bonchev–Trinajstić information content (AvgIpc) is 2.45. The molecular formula is C15H28O4Si3. The van der Waals surface area contributed by atoms with Gasteiger partial charge in [-0.3, -0.25) is 0 Å². The van der Waals surface area contributed by atoms with E-state index < -0.39 is 16.6 Å². The second-order valence-corrected chi connectivity index (χ2v) is 14.9.